The van der Waals surface area contributed by atoms with E-state index in [-0.39, 0.29) is 23.4 Å². The van der Waals surface area contributed by atoms with E-state index in [1.807, 2.05) is 20.8 Å². The first-order valence-electron chi connectivity index (χ1n) is 4.63. The first-order valence-corrected chi connectivity index (χ1v) is 5.75. The smallest absolute Gasteiger partial charge is 0.407 e. The van der Waals surface area contributed by atoms with Crippen LogP contribution in [-0.2, 0) is 9.53 Å². The minimum absolute atomic E-state index is 0.130. The number of alkyl halides is 1. The molecule has 0 unspecified atom stereocenters. The molecule has 0 atom stereocenters. The van der Waals surface area contributed by atoms with E-state index in [0.29, 0.717) is 6.54 Å². The summed E-state index contributed by atoms with van der Waals surface area (Å²) in [6.07, 6.45) is -0.476. The van der Waals surface area contributed by atoms with Gasteiger partial charge in [-0.15, -0.1) is 0 Å². The van der Waals surface area contributed by atoms with Gasteiger partial charge >= 0.3 is 6.09 Å². The van der Waals surface area contributed by atoms with Gasteiger partial charge in [0.25, 0.3) is 0 Å². The number of hydrogen-bond donors (Lipinski definition) is 2. The van der Waals surface area contributed by atoms with Crippen molar-refractivity contribution in [1.82, 2.24) is 10.6 Å². The second kappa shape index (κ2) is 6.66. The molecule has 0 aromatic heterocycles. The normalized spacial score (nSPS) is 10.7. The quantitative estimate of drug-likeness (QED) is 0.597. The van der Waals surface area contributed by atoms with E-state index in [1.165, 1.54) is 0 Å². The number of carbonyl (C=O) groups is 2. The third-order valence-corrected chi connectivity index (χ3v) is 1.77. The summed E-state index contributed by atoms with van der Waals surface area (Å²) >= 11 is 3.00. The van der Waals surface area contributed by atoms with Crippen molar-refractivity contribution >= 4 is 27.9 Å². The summed E-state index contributed by atoms with van der Waals surface area (Å²) in [5.74, 6) is -0.130. The van der Waals surface area contributed by atoms with Gasteiger partial charge in [0.2, 0.25) is 5.91 Å². The molecular formula is C9H17BrN2O3. The van der Waals surface area contributed by atoms with Gasteiger partial charge in [0.1, 0.15) is 6.61 Å². The maximum Gasteiger partial charge on any atom is 0.407 e. The fourth-order valence-electron chi connectivity index (χ4n) is 0.724. The van der Waals surface area contributed by atoms with Crippen LogP contribution >= 0.6 is 15.9 Å². The average Bonchev–Trinajstić information content (AvgIpc) is 2.09. The van der Waals surface area contributed by atoms with Gasteiger partial charge in [-0.2, -0.15) is 0 Å². The number of ether oxygens (including phenoxy) is 1. The second-order valence-electron chi connectivity index (χ2n) is 3.99. The van der Waals surface area contributed by atoms with Gasteiger partial charge in [0, 0.05) is 5.54 Å². The lowest BCUT2D eigenvalue weighted by atomic mass is 10.1. The van der Waals surface area contributed by atoms with Gasteiger partial charge in [0.05, 0.1) is 11.9 Å². The van der Waals surface area contributed by atoms with Gasteiger partial charge in [0.15, 0.2) is 0 Å². The topological polar surface area (TPSA) is 67.4 Å². The summed E-state index contributed by atoms with van der Waals surface area (Å²) in [6, 6.07) is 0. The molecule has 0 aromatic rings. The van der Waals surface area contributed by atoms with Gasteiger partial charge in [-0.3, -0.25) is 4.79 Å². The Kier molecular flexibility index (Phi) is 6.31. The number of carbonyl (C=O) groups excluding carboxylic acids is 2. The van der Waals surface area contributed by atoms with E-state index in [0.717, 1.165) is 0 Å². The molecule has 2 N–H and O–H groups in total. The lowest BCUT2D eigenvalue weighted by Gasteiger charge is -2.19. The highest BCUT2D eigenvalue weighted by molar-refractivity contribution is 9.09. The molecule has 0 aromatic carbocycles. The van der Waals surface area contributed by atoms with Crippen LogP contribution in [0.1, 0.15) is 20.8 Å². The molecule has 0 heterocycles. The molecule has 0 saturated heterocycles. The Bertz CT molecular complexity index is 226. The standard InChI is InChI=1S/C9H17BrN2O3/c1-9(2,3)12-8(14)15-5-4-11-7(13)6-10/h4-6H2,1-3H3,(H,11,13)(H,12,14). The van der Waals surface area contributed by atoms with Crippen LogP contribution in [0.15, 0.2) is 0 Å². The monoisotopic (exact) mass is 280 g/mol. The van der Waals surface area contributed by atoms with Gasteiger partial charge < -0.3 is 15.4 Å². The van der Waals surface area contributed by atoms with Gasteiger partial charge in [-0.25, -0.2) is 4.79 Å². The van der Waals surface area contributed by atoms with Crippen LogP contribution < -0.4 is 10.6 Å². The molecule has 0 spiro atoms. The average molecular weight is 281 g/mol. The lowest BCUT2D eigenvalue weighted by molar-refractivity contribution is -0.118. The molecule has 88 valence electrons. The van der Waals surface area contributed by atoms with Crippen LogP contribution in [0, 0.1) is 0 Å². The van der Waals surface area contributed by atoms with Crippen LogP contribution in [0.4, 0.5) is 4.79 Å². The highest BCUT2D eigenvalue weighted by Gasteiger charge is 2.14. The number of halogens is 1. The summed E-state index contributed by atoms with van der Waals surface area (Å²) in [5, 5.41) is 5.45. The zero-order chi connectivity index (χ0) is 11.9. The van der Waals surface area contributed by atoms with Crippen molar-refractivity contribution in [2.45, 2.75) is 26.3 Å². The molecule has 0 saturated carbocycles. The van der Waals surface area contributed by atoms with Crippen molar-refractivity contribution in [1.29, 1.82) is 0 Å². The molecule has 0 radical (unpaired) electrons. The fourth-order valence-corrected chi connectivity index (χ4v) is 0.922. The van der Waals surface area contributed by atoms with Crippen LogP contribution in [0.25, 0.3) is 0 Å². The van der Waals surface area contributed by atoms with E-state index in [2.05, 4.69) is 26.6 Å². The molecule has 2 amide bonds. The van der Waals surface area contributed by atoms with Crippen molar-refractivity contribution in [3.05, 3.63) is 0 Å². The van der Waals surface area contributed by atoms with Crippen LogP contribution in [0.2, 0.25) is 0 Å². The number of amides is 2. The maximum absolute atomic E-state index is 11.1. The lowest BCUT2D eigenvalue weighted by Crippen LogP contribution is -2.41. The van der Waals surface area contributed by atoms with E-state index >= 15 is 0 Å². The summed E-state index contributed by atoms with van der Waals surface area (Å²) in [7, 11) is 0. The van der Waals surface area contributed by atoms with E-state index < -0.39 is 6.09 Å². The summed E-state index contributed by atoms with van der Waals surface area (Å²) in [6.45, 7) is 6.07. The Morgan fingerprint density at radius 1 is 1.33 bits per heavy atom. The van der Waals surface area contributed by atoms with Crippen molar-refractivity contribution in [3.63, 3.8) is 0 Å². The SMILES string of the molecule is CC(C)(C)NC(=O)OCCNC(=O)CBr. The summed E-state index contributed by atoms with van der Waals surface area (Å²) in [5.41, 5.74) is -0.309. The van der Waals surface area contributed by atoms with E-state index in [1.54, 1.807) is 0 Å². The Hall–Kier alpha value is -0.780. The molecule has 0 bridgehead atoms. The van der Waals surface area contributed by atoms with Crippen molar-refractivity contribution in [2.24, 2.45) is 0 Å². The van der Waals surface area contributed by atoms with E-state index in [9.17, 15) is 9.59 Å². The van der Waals surface area contributed by atoms with Crippen molar-refractivity contribution in [3.8, 4) is 0 Å². The third-order valence-electron chi connectivity index (χ3n) is 1.26. The molecule has 5 nitrogen and oxygen atoms in total. The van der Waals surface area contributed by atoms with Gasteiger partial charge in [-0.1, -0.05) is 15.9 Å². The molecule has 0 aliphatic rings. The first-order chi connectivity index (χ1) is 6.85. The predicted molar refractivity (Wildman–Crippen MR) is 61.0 cm³/mol. The van der Waals surface area contributed by atoms with Crippen molar-refractivity contribution < 1.29 is 14.3 Å². The molecular weight excluding hydrogens is 264 g/mol. The minimum Gasteiger partial charge on any atom is -0.448 e. The highest BCUT2D eigenvalue weighted by Crippen LogP contribution is 1.98. The Labute approximate surface area is 98.1 Å². The fraction of sp³-hybridized carbons (Fsp3) is 0.778. The second-order valence-corrected chi connectivity index (χ2v) is 4.56. The van der Waals surface area contributed by atoms with Crippen LogP contribution in [-0.4, -0.2) is 36.0 Å². The number of hydrogen-bond acceptors (Lipinski definition) is 3. The van der Waals surface area contributed by atoms with Crippen LogP contribution in [0.3, 0.4) is 0 Å². The van der Waals surface area contributed by atoms with Crippen LogP contribution in [0.5, 0.6) is 0 Å². The largest absolute Gasteiger partial charge is 0.448 e. The molecule has 6 heteroatoms. The number of alkyl carbamates (subject to hydrolysis) is 1. The molecule has 0 fully saturated rings. The zero-order valence-electron chi connectivity index (χ0n) is 9.22. The van der Waals surface area contributed by atoms with E-state index in [4.69, 9.17) is 4.74 Å². The predicted octanol–water partition coefficient (Wildman–Crippen LogP) is 1.02. The molecule has 15 heavy (non-hydrogen) atoms. The van der Waals surface area contributed by atoms with Crippen molar-refractivity contribution in [2.75, 3.05) is 18.5 Å². The summed E-state index contributed by atoms with van der Waals surface area (Å²) < 4.78 is 4.83. The minimum atomic E-state index is -0.476. The summed E-state index contributed by atoms with van der Waals surface area (Å²) in [4.78, 5) is 21.9. The Morgan fingerprint density at radius 3 is 2.40 bits per heavy atom. The number of nitrogens with one attached hydrogen (secondary N) is 2. The first kappa shape index (κ1) is 14.2. The molecule has 0 aliphatic heterocycles. The molecule has 0 rings (SSSR count). The molecule has 0 aliphatic carbocycles. The zero-order valence-corrected chi connectivity index (χ0v) is 10.8. The Morgan fingerprint density at radius 2 is 1.93 bits per heavy atom. The Balaban J connectivity index is 3.52. The highest BCUT2D eigenvalue weighted by atomic mass is 79.9. The third kappa shape index (κ3) is 9.52. The maximum atomic E-state index is 11.1. The van der Waals surface area contributed by atoms with Gasteiger partial charge in [-0.05, 0) is 20.8 Å². The number of rotatable bonds is 4.